The molecule has 0 radical (unpaired) electrons. The summed E-state index contributed by atoms with van der Waals surface area (Å²) in [6.45, 7) is 5.82. The molecule has 0 unspecified atom stereocenters. The third kappa shape index (κ3) is 3.47. The molecular formula is C20H20FN5OS. The summed E-state index contributed by atoms with van der Waals surface area (Å²) in [7, 11) is 0. The number of carbonyl (C=O) groups is 1. The van der Waals surface area contributed by atoms with Crippen molar-refractivity contribution in [3.05, 3.63) is 58.1 Å². The first kappa shape index (κ1) is 18.5. The lowest BCUT2D eigenvalue weighted by molar-refractivity contribution is 0.0750. The van der Waals surface area contributed by atoms with Gasteiger partial charge in [-0.25, -0.2) is 19.3 Å². The Hall–Kier alpha value is -2.87. The minimum atomic E-state index is -0.428. The number of nitrogens with zero attached hydrogens (tertiary/aromatic N) is 5. The van der Waals surface area contributed by atoms with Crippen molar-refractivity contribution in [2.24, 2.45) is 0 Å². The van der Waals surface area contributed by atoms with Crippen LogP contribution in [0.1, 0.15) is 20.4 Å². The Labute approximate surface area is 166 Å². The van der Waals surface area contributed by atoms with Crippen LogP contribution in [0.5, 0.6) is 0 Å². The molecule has 6 nitrogen and oxygen atoms in total. The number of anilines is 1. The van der Waals surface area contributed by atoms with E-state index in [2.05, 4.69) is 15.0 Å². The van der Waals surface area contributed by atoms with Gasteiger partial charge in [-0.1, -0.05) is 30.3 Å². The maximum Gasteiger partial charge on any atom is 0.265 e. The molecule has 1 aliphatic rings. The molecule has 8 heteroatoms. The van der Waals surface area contributed by atoms with Gasteiger partial charge in [0.1, 0.15) is 16.9 Å². The van der Waals surface area contributed by atoms with E-state index in [4.69, 9.17) is 0 Å². The van der Waals surface area contributed by atoms with E-state index in [9.17, 15) is 4.79 Å². The van der Waals surface area contributed by atoms with E-state index in [1.54, 1.807) is 4.90 Å². The van der Waals surface area contributed by atoms with Crippen LogP contribution in [0.25, 0.3) is 11.3 Å². The number of halogens is 1. The molecule has 0 saturated carbocycles. The van der Waals surface area contributed by atoms with Crippen LogP contribution in [-0.4, -0.2) is 51.9 Å². The summed E-state index contributed by atoms with van der Waals surface area (Å²) in [6.07, 6.45) is 1.39. The Morgan fingerprint density at radius 1 is 1.07 bits per heavy atom. The number of aryl methyl sites for hydroxylation is 2. The molecule has 1 aromatic carbocycles. The van der Waals surface area contributed by atoms with E-state index in [-0.39, 0.29) is 11.7 Å². The summed E-state index contributed by atoms with van der Waals surface area (Å²) >= 11 is 1.42. The van der Waals surface area contributed by atoms with Gasteiger partial charge in [-0.3, -0.25) is 4.79 Å². The molecule has 3 heterocycles. The Bertz CT molecular complexity index is 999. The number of amides is 1. The Morgan fingerprint density at radius 2 is 1.79 bits per heavy atom. The Balaban J connectivity index is 1.50. The van der Waals surface area contributed by atoms with E-state index < -0.39 is 5.82 Å². The highest BCUT2D eigenvalue weighted by Gasteiger charge is 2.27. The van der Waals surface area contributed by atoms with Crippen LogP contribution in [0.4, 0.5) is 10.2 Å². The molecule has 0 N–H and O–H groups in total. The first-order valence-electron chi connectivity index (χ1n) is 9.08. The minimum absolute atomic E-state index is 0.00381. The zero-order chi connectivity index (χ0) is 19.7. The summed E-state index contributed by atoms with van der Waals surface area (Å²) in [5, 5.41) is 0.885. The highest BCUT2D eigenvalue weighted by Crippen LogP contribution is 2.27. The van der Waals surface area contributed by atoms with Crippen LogP contribution in [0.2, 0.25) is 0 Å². The summed E-state index contributed by atoms with van der Waals surface area (Å²) in [4.78, 5) is 29.7. The van der Waals surface area contributed by atoms with Crippen LogP contribution in [0.15, 0.2) is 36.7 Å². The van der Waals surface area contributed by atoms with E-state index in [0.717, 1.165) is 10.7 Å². The minimum Gasteiger partial charge on any atom is -0.351 e. The van der Waals surface area contributed by atoms with Crippen LogP contribution in [0, 0.1) is 19.7 Å². The fourth-order valence-corrected chi connectivity index (χ4v) is 4.26. The summed E-state index contributed by atoms with van der Waals surface area (Å²) in [6, 6.07) is 9.23. The summed E-state index contributed by atoms with van der Waals surface area (Å²) in [5.41, 5.74) is 1.78. The second-order valence-electron chi connectivity index (χ2n) is 6.65. The van der Waals surface area contributed by atoms with E-state index in [1.165, 1.54) is 17.7 Å². The van der Waals surface area contributed by atoms with Crippen molar-refractivity contribution in [2.45, 2.75) is 13.8 Å². The van der Waals surface area contributed by atoms with Gasteiger partial charge in [-0.15, -0.1) is 11.3 Å². The highest BCUT2D eigenvalue weighted by atomic mass is 32.1. The van der Waals surface area contributed by atoms with E-state index in [1.807, 2.05) is 49.1 Å². The van der Waals surface area contributed by atoms with Crippen molar-refractivity contribution >= 4 is 23.1 Å². The van der Waals surface area contributed by atoms with Crippen LogP contribution in [-0.2, 0) is 0 Å². The Kier molecular flexibility index (Phi) is 5.04. The molecule has 0 aliphatic carbocycles. The van der Waals surface area contributed by atoms with Gasteiger partial charge >= 0.3 is 0 Å². The van der Waals surface area contributed by atoms with Crippen LogP contribution in [0.3, 0.4) is 0 Å². The molecule has 1 amide bonds. The molecular weight excluding hydrogens is 377 g/mol. The average molecular weight is 397 g/mol. The van der Waals surface area contributed by atoms with Crippen molar-refractivity contribution in [1.29, 1.82) is 0 Å². The number of carbonyl (C=O) groups excluding carboxylic acids is 1. The number of rotatable bonds is 3. The maximum atomic E-state index is 15.1. The first-order valence-corrected chi connectivity index (χ1v) is 9.90. The predicted molar refractivity (Wildman–Crippen MR) is 107 cm³/mol. The van der Waals surface area contributed by atoms with Crippen LogP contribution >= 0.6 is 11.3 Å². The van der Waals surface area contributed by atoms with Crippen molar-refractivity contribution in [2.75, 3.05) is 31.1 Å². The topological polar surface area (TPSA) is 62.2 Å². The van der Waals surface area contributed by atoms with Crippen molar-refractivity contribution in [3.8, 4) is 11.3 Å². The van der Waals surface area contributed by atoms with Crippen molar-refractivity contribution < 1.29 is 9.18 Å². The predicted octanol–water partition coefficient (Wildman–Crippen LogP) is 3.32. The SMILES string of the molecule is Cc1nc(C)c(C(=O)N2CCN(c3ncnc(-c4ccccc4)c3F)CC2)s1. The smallest absolute Gasteiger partial charge is 0.265 e. The third-order valence-corrected chi connectivity index (χ3v) is 5.84. The fourth-order valence-electron chi connectivity index (χ4n) is 3.37. The highest BCUT2D eigenvalue weighted by molar-refractivity contribution is 7.13. The number of piperazine rings is 1. The number of thiazole rings is 1. The lowest BCUT2D eigenvalue weighted by Gasteiger charge is -2.35. The summed E-state index contributed by atoms with van der Waals surface area (Å²) in [5.74, 6) is -0.149. The molecule has 0 bridgehead atoms. The van der Waals surface area contributed by atoms with Gasteiger partial charge in [-0.05, 0) is 13.8 Å². The normalized spacial score (nSPS) is 14.4. The molecule has 0 atom stereocenters. The third-order valence-electron chi connectivity index (χ3n) is 4.78. The van der Waals surface area contributed by atoms with Gasteiger partial charge in [0.05, 0.1) is 10.7 Å². The number of aromatic nitrogens is 3. The monoisotopic (exact) mass is 397 g/mol. The van der Waals surface area contributed by atoms with Crippen LogP contribution < -0.4 is 4.90 Å². The number of hydrogen-bond donors (Lipinski definition) is 0. The van der Waals surface area contributed by atoms with Gasteiger partial charge in [-0.2, -0.15) is 0 Å². The van der Waals surface area contributed by atoms with E-state index >= 15 is 4.39 Å². The van der Waals surface area contributed by atoms with Gasteiger partial charge in [0.25, 0.3) is 5.91 Å². The fraction of sp³-hybridized carbons (Fsp3) is 0.300. The van der Waals surface area contributed by atoms with Crippen molar-refractivity contribution in [3.63, 3.8) is 0 Å². The lowest BCUT2D eigenvalue weighted by atomic mass is 10.1. The number of benzene rings is 1. The molecule has 2 aromatic heterocycles. The number of hydrogen-bond acceptors (Lipinski definition) is 6. The Morgan fingerprint density at radius 3 is 2.43 bits per heavy atom. The zero-order valence-electron chi connectivity index (χ0n) is 15.7. The second kappa shape index (κ2) is 7.63. The van der Waals surface area contributed by atoms with Gasteiger partial charge < -0.3 is 9.80 Å². The standard InChI is InChI=1S/C20H20FN5OS/c1-13-18(28-14(2)24-13)20(27)26-10-8-25(9-11-26)19-16(21)17(22-12-23-19)15-6-4-3-5-7-15/h3-7,12H,8-11H2,1-2H3. The second-order valence-corrected chi connectivity index (χ2v) is 7.86. The quantitative estimate of drug-likeness (QED) is 0.679. The maximum absolute atomic E-state index is 15.1. The average Bonchev–Trinajstić information content (AvgIpc) is 3.06. The largest absolute Gasteiger partial charge is 0.351 e. The molecule has 144 valence electrons. The van der Waals surface area contributed by atoms with Crippen molar-refractivity contribution in [1.82, 2.24) is 19.9 Å². The first-order chi connectivity index (χ1) is 13.5. The lowest BCUT2D eigenvalue weighted by Crippen LogP contribution is -2.49. The molecule has 28 heavy (non-hydrogen) atoms. The van der Waals surface area contributed by atoms with Gasteiger partial charge in [0.2, 0.25) is 0 Å². The molecule has 4 rings (SSSR count). The van der Waals surface area contributed by atoms with Gasteiger partial charge in [0, 0.05) is 31.7 Å². The molecule has 0 spiro atoms. The zero-order valence-corrected chi connectivity index (χ0v) is 16.5. The molecule has 1 saturated heterocycles. The molecule has 1 aliphatic heterocycles. The molecule has 3 aromatic rings. The molecule has 1 fully saturated rings. The van der Waals surface area contributed by atoms with Gasteiger partial charge in [0.15, 0.2) is 11.6 Å². The summed E-state index contributed by atoms with van der Waals surface area (Å²) < 4.78 is 15.1. The van der Waals surface area contributed by atoms with E-state index in [0.29, 0.717) is 42.3 Å².